The number of carbonyl (C=O) groups excluding carboxylic acids is 1. The lowest BCUT2D eigenvalue weighted by molar-refractivity contribution is 0.100. The molecule has 7 nitrogen and oxygen atoms in total. The summed E-state index contributed by atoms with van der Waals surface area (Å²) in [5.74, 6) is 0.289. The van der Waals surface area contributed by atoms with Gasteiger partial charge >= 0.3 is 0 Å². The first-order chi connectivity index (χ1) is 12.9. The van der Waals surface area contributed by atoms with Gasteiger partial charge in [-0.1, -0.05) is 13.8 Å². The Bertz CT molecular complexity index is 947. The summed E-state index contributed by atoms with van der Waals surface area (Å²) in [6.07, 6.45) is 1.49. The lowest BCUT2D eigenvalue weighted by Gasteiger charge is -2.11. The van der Waals surface area contributed by atoms with Gasteiger partial charge in [0.25, 0.3) is 12.3 Å². The summed E-state index contributed by atoms with van der Waals surface area (Å²) < 4.78 is 29.7. The van der Waals surface area contributed by atoms with Crippen LogP contribution in [-0.4, -0.2) is 30.5 Å². The molecule has 0 aliphatic carbocycles. The van der Waals surface area contributed by atoms with Crippen molar-refractivity contribution in [1.29, 1.82) is 0 Å². The minimum atomic E-state index is -2.81. The van der Waals surface area contributed by atoms with E-state index in [0.717, 1.165) is 5.56 Å². The summed E-state index contributed by atoms with van der Waals surface area (Å²) in [6, 6.07) is 5.21. The third kappa shape index (κ3) is 4.02. The number of nitrogens with zero attached hydrogens (tertiary/aromatic N) is 5. The molecule has 0 spiro atoms. The van der Waals surface area contributed by atoms with Gasteiger partial charge < -0.3 is 5.32 Å². The number of amides is 1. The number of nitrogens with one attached hydrogen (secondary N) is 1. The molecular formula is C18H20F2N6O. The molecule has 0 aromatic carbocycles. The van der Waals surface area contributed by atoms with Gasteiger partial charge in [-0.05, 0) is 30.5 Å². The predicted molar refractivity (Wildman–Crippen MR) is 96.1 cm³/mol. The summed E-state index contributed by atoms with van der Waals surface area (Å²) in [7, 11) is 0. The first kappa shape index (κ1) is 18.7. The van der Waals surface area contributed by atoms with Crippen LogP contribution in [0.1, 0.15) is 41.9 Å². The van der Waals surface area contributed by atoms with E-state index in [4.69, 9.17) is 0 Å². The second-order valence-corrected chi connectivity index (χ2v) is 6.59. The van der Waals surface area contributed by atoms with E-state index in [0.29, 0.717) is 18.2 Å². The zero-order chi connectivity index (χ0) is 19.6. The molecule has 9 heteroatoms. The van der Waals surface area contributed by atoms with E-state index in [2.05, 4.69) is 20.5 Å². The minimum absolute atomic E-state index is 0.118. The zero-order valence-electron chi connectivity index (χ0n) is 15.2. The van der Waals surface area contributed by atoms with Crippen molar-refractivity contribution >= 4 is 11.7 Å². The van der Waals surface area contributed by atoms with Crippen LogP contribution >= 0.6 is 0 Å². The van der Waals surface area contributed by atoms with Crippen LogP contribution in [0.4, 0.5) is 14.6 Å². The van der Waals surface area contributed by atoms with E-state index < -0.39 is 12.3 Å². The van der Waals surface area contributed by atoms with E-state index in [1.807, 2.05) is 26.8 Å². The van der Waals surface area contributed by atoms with Crippen molar-refractivity contribution in [3.63, 3.8) is 0 Å². The lowest BCUT2D eigenvalue weighted by Crippen LogP contribution is -2.18. The van der Waals surface area contributed by atoms with E-state index in [1.54, 1.807) is 18.3 Å². The molecule has 1 amide bonds. The van der Waals surface area contributed by atoms with Gasteiger partial charge in [-0.3, -0.25) is 9.48 Å². The molecule has 0 unspecified atom stereocenters. The SMILES string of the molecule is Cc1ccnc(-n2nccc2NC(=O)c2cnn(CC(C)C)c2C(F)F)c1. The number of carbonyl (C=O) groups is 1. The summed E-state index contributed by atoms with van der Waals surface area (Å²) in [6.45, 7) is 6.00. The molecule has 0 fully saturated rings. The second kappa shape index (κ2) is 7.65. The maximum Gasteiger partial charge on any atom is 0.280 e. The van der Waals surface area contributed by atoms with Crippen LogP contribution in [0, 0.1) is 12.8 Å². The summed E-state index contributed by atoms with van der Waals surface area (Å²) >= 11 is 0. The molecule has 0 aliphatic rings. The van der Waals surface area contributed by atoms with Gasteiger partial charge in [0.05, 0.1) is 18.0 Å². The highest BCUT2D eigenvalue weighted by Gasteiger charge is 2.25. The van der Waals surface area contributed by atoms with Gasteiger partial charge in [-0.2, -0.15) is 14.9 Å². The number of hydrogen-bond acceptors (Lipinski definition) is 4. The van der Waals surface area contributed by atoms with Crippen LogP contribution < -0.4 is 5.32 Å². The van der Waals surface area contributed by atoms with E-state index in [-0.39, 0.29) is 17.2 Å². The Kier molecular flexibility index (Phi) is 5.29. The van der Waals surface area contributed by atoms with Crippen LogP contribution in [0.2, 0.25) is 0 Å². The first-order valence-corrected chi connectivity index (χ1v) is 8.49. The third-order valence-corrected chi connectivity index (χ3v) is 3.87. The van der Waals surface area contributed by atoms with Gasteiger partial charge in [0.1, 0.15) is 11.5 Å². The molecule has 27 heavy (non-hydrogen) atoms. The van der Waals surface area contributed by atoms with E-state index in [1.165, 1.54) is 21.8 Å². The molecule has 0 radical (unpaired) electrons. The largest absolute Gasteiger partial charge is 0.306 e. The minimum Gasteiger partial charge on any atom is -0.306 e. The van der Waals surface area contributed by atoms with Crippen molar-refractivity contribution in [2.24, 2.45) is 5.92 Å². The molecule has 3 aromatic rings. The lowest BCUT2D eigenvalue weighted by atomic mass is 10.2. The summed E-state index contributed by atoms with van der Waals surface area (Å²) in [4.78, 5) is 16.8. The Labute approximate surface area is 155 Å². The molecule has 1 N–H and O–H groups in total. The summed E-state index contributed by atoms with van der Waals surface area (Å²) in [5.41, 5.74) is 0.430. The molecule has 3 aromatic heterocycles. The maximum atomic E-state index is 13.5. The fourth-order valence-corrected chi connectivity index (χ4v) is 2.69. The van der Waals surface area contributed by atoms with Crippen LogP contribution in [-0.2, 0) is 6.54 Å². The molecule has 142 valence electrons. The summed E-state index contributed by atoms with van der Waals surface area (Å²) in [5, 5.41) is 10.7. The topological polar surface area (TPSA) is 77.6 Å². The highest BCUT2D eigenvalue weighted by Crippen LogP contribution is 2.25. The Morgan fingerprint density at radius 3 is 2.67 bits per heavy atom. The van der Waals surface area contributed by atoms with Crippen molar-refractivity contribution < 1.29 is 13.6 Å². The standard InChI is InChI=1S/C18H20F2N6O/c1-11(2)10-25-16(17(19)20)13(9-23-25)18(27)24-14-5-7-22-26(14)15-8-12(3)4-6-21-15/h4-9,11,17H,10H2,1-3H3,(H,24,27). The van der Waals surface area contributed by atoms with Crippen molar-refractivity contribution in [2.75, 3.05) is 5.32 Å². The van der Waals surface area contributed by atoms with Crippen molar-refractivity contribution in [3.05, 3.63) is 53.6 Å². The number of alkyl halides is 2. The average Bonchev–Trinajstić information content (AvgIpc) is 3.21. The third-order valence-electron chi connectivity index (χ3n) is 3.87. The number of halogens is 2. The molecule has 0 saturated heterocycles. The average molecular weight is 374 g/mol. The quantitative estimate of drug-likeness (QED) is 0.715. The number of rotatable bonds is 6. The normalized spacial score (nSPS) is 11.4. The van der Waals surface area contributed by atoms with Crippen molar-refractivity contribution in [1.82, 2.24) is 24.5 Å². The fraction of sp³-hybridized carbons (Fsp3) is 0.333. The number of aromatic nitrogens is 5. The molecule has 0 atom stereocenters. The van der Waals surface area contributed by atoms with Gasteiger partial charge in [0.2, 0.25) is 0 Å². The van der Waals surface area contributed by atoms with Crippen LogP contribution in [0.3, 0.4) is 0 Å². The Hall–Kier alpha value is -3.10. The first-order valence-electron chi connectivity index (χ1n) is 8.49. The van der Waals surface area contributed by atoms with Crippen LogP contribution in [0.5, 0.6) is 0 Å². The smallest absolute Gasteiger partial charge is 0.280 e. The van der Waals surface area contributed by atoms with E-state index in [9.17, 15) is 13.6 Å². The molecule has 0 aliphatic heterocycles. The number of aryl methyl sites for hydroxylation is 1. The molecule has 0 bridgehead atoms. The van der Waals surface area contributed by atoms with E-state index >= 15 is 0 Å². The molecule has 3 rings (SSSR count). The number of pyridine rings is 1. The maximum absolute atomic E-state index is 13.5. The van der Waals surface area contributed by atoms with Gasteiger partial charge in [-0.15, -0.1) is 0 Å². The molecule has 0 saturated carbocycles. The fourth-order valence-electron chi connectivity index (χ4n) is 2.69. The Balaban J connectivity index is 1.89. The number of hydrogen-bond donors (Lipinski definition) is 1. The zero-order valence-corrected chi connectivity index (χ0v) is 15.2. The van der Waals surface area contributed by atoms with Crippen LogP contribution in [0.15, 0.2) is 36.8 Å². The molecular weight excluding hydrogens is 354 g/mol. The highest BCUT2D eigenvalue weighted by atomic mass is 19.3. The second-order valence-electron chi connectivity index (χ2n) is 6.59. The van der Waals surface area contributed by atoms with Crippen molar-refractivity contribution in [2.45, 2.75) is 33.7 Å². The van der Waals surface area contributed by atoms with Crippen molar-refractivity contribution in [3.8, 4) is 5.82 Å². The monoisotopic (exact) mass is 374 g/mol. The predicted octanol–water partition coefficient (Wildman–Crippen LogP) is 3.62. The highest BCUT2D eigenvalue weighted by molar-refractivity contribution is 6.04. The molecule has 3 heterocycles. The van der Waals surface area contributed by atoms with Gasteiger partial charge in [0.15, 0.2) is 5.82 Å². The van der Waals surface area contributed by atoms with Gasteiger partial charge in [-0.25, -0.2) is 13.8 Å². The Morgan fingerprint density at radius 1 is 1.22 bits per heavy atom. The van der Waals surface area contributed by atoms with Crippen LogP contribution in [0.25, 0.3) is 5.82 Å². The Morgan fingerprint density at radius 2 is 2.00 bits per heavy atom. The number of anilines is 1. The van der Waals surface area contributed by atoms with Gasteiger partial charge in [0, 0.05) is 18.8 Å².